The van der Waals surface area contributed by atoms with E-state index in [4.69, 9.17) is 12.2 Å². The van der Waals surface area contributed by atoms with Crippen LogP contribution in [0.1, 0.15) is 24.8 Å². The number of nitrogens with one attached hydrogen (secondary N) is 1. The molecule has 0 aromatic carbocycles. The molecule has 1 N–H and O–H groups in total. The van der Waals surface area contributed by atoms with Crippen LogP contribution < -0.4 is 0 Å². The van der Waals surface area contributed by atoms with Gasteiger partial charge in [-0.3, -0.25) is 0 Å². The number of aryl methyl sites for hydroxylation is 1. The van der Waals surface area contributed by atoms with E-state index in [0.717, 1.165) is 28.0 Å². The summed E-state index contributed by atoms with van der Waals surface area (Å²) in [6.07, 6.45) is 5.91. The Morgan fingerprint density at radius 1 is 1.56 bits per heavy atom. The molecule has 1 aliphatic rings. The van der Waals surface area contributed by atoms with E-state index in [9.17, 15) is 0 Å². The zero-order valence-electron chi connectivity index (χ0n) is 10.5. The van der Waals surface area contributed by atoms with Gasteiger partial charge < -0.3 is 9.55 Å². The molecule has 1 fully saturated rings. The molecule has 5 heteroatoms. The molecule has 0 bridgehead atoms. The molecule has 0 radical (unpaired) electrons. The lowest BCUT2D eigenvalue weighted by Crippen LogP contribution is -2.17. The molecule has 0 aliphatic carbocycles. The van der Waals surface area contributed by atoms with Crippen molar-refractivity contribution in [2.75, 3.05) is 5.75 Å². The summed E-state index contributed by atoms with van der Waals surface area (Å²) in [5.74, 6) is 1.28. The third-order valence-electron chi connectivity index (χ3n) is 3.41. The van der Waals surface area contributed by atoms with Gasteiger partial charge in [-0.05, 0) is 49.4 Å². The molecular formula is C13H17N3S2. The van der Waals surface area contributed by atoms with E-state index in [0.29, 0.717) is 5.25 Å². The summed E-state index contributed by atoms with van der Waals surface area (Å²) in [5.41, 5.74) is 3.22. The van der Waals surface area contributed by atoms with E-state index in [1.54, 1.807) is 0 Å². The van der Waals surface area contributed by atoms with Gasteiger partial charge in [-0.25, -0.2) is 4.98 Å². The number of fused-ring (bicyclic) bond motifs is 1. The summed E-state index contributed by atoms with van der Waals surface area (Å²) in [7, 11) is 0. The third kappa shape index (κ3) is 2.34. The lowest BCUT2D eigenvalue weighted by Gasteiger charge is -2.21. The van der Waals surface area contributed by atoms with Crippen LogP contribution in [0.25, 0.3) is 11.2 Å². The zero-order valence-corrected chi connectivity index (χ0v) is 12.1. The molecule has 2 aromatic heterocycles. The number of hydrogen-bond donors (Lipinski definition) is 1. The van der Waals surface area contributed by atoms with Crippen LogP contribution >= 0.6 is 24.0 Å². The van der Waals surface area contributed by atoms with Gasteiger partial charge in [-0.15, -0.1) is 0 Å². The Morgan fingerprint density at radius 2 is 2.44 bits per heavy atom. The first kappa shape index (κ1) is 12.2. The highest BCUT2D eigenvalue weighted by Gasteiger charge is 2.16. The molecule has 0 amide bonds. The third-order valence-corrected chi connectivity index (χ3v) is 5.11. The Hall–Kier alpha value is -0.810. The van der Waals surface area contributed by atoms with Crippen LogP contribution in [-0.2, 0) is 6.54 Å². The number of aromatic amines is 1. The molecule has 96 valence electrons. The summed E-state index contributed by atoms with van der Waals surface area (Å²) >= 11 is 7.50. The Morgan fingerprint density at radius 3 is 3.22 bits per heavy atom. The first-order valence-electron chi connectivity index (χ1n) is 6.41. The van der Waals surface area contributed by atoms with Gasteiger partial charge in [-0.1, -0.05) is 6.42 Å². The van der Waals surface area contributed by atoms with Gasteiger partial charge in [0.15, 0.2) is 10.4 Å². The molecule has 0 spiro atoms. The van der Waals surface area contributed by atoms with Crippen molar-refractivity contribution in [3.63, 3.8) is 0 Å². The Kier molecular flexibility index (Phi) is 3.43. The number of nitrogens with zero attached hydrogens (tertiary/aromatic N) is 2. The van der Waals surface area contributed by atoms with E-state index in [-0.39, 0.29) is 0 Å². The Balaban J connectivity index is 1.95. The van der Waals surface area contributed by atoms with Crippen molar-refractivity contribution in [3.8, 4) is 0 Å². The molecule has 3 rings (SSSR count). The topological polar surface area (TPSA) is 33.6 Å². The molecule has 3 nitrogen and oxygen atoms in total. The van der Waals surface area contributed by atoms with Crippen molar-refractivity contribution in [1.82, 2.24) is 14.5 Å². The normalized spacial score (nSPS) is 20.4. The lowest BCUT2D eigenvalue weighted by molar-refractivity contribution is 0.586. The minimum atomic E-state index is 0.688. The SMILES string of the molecule is Cc1cnc2c(c1)[nH]c(=S)n2CC1CCCCS1. The van der Waals surface area contributed by atoms with Crippen LogP contribution in [0, 0.1) is 11.7 Å². The first-order valence-corrected chi connectivity index (χ1v) is 7.86. The average Bonchev–Trinajstić information content (AvgIpc) is 2.66. The minimum Gasteiger partial charge on any atom is -0.329 e. The maximum atomic E-state index is 5.42. The summed E-state index contributed by atoms with van der Waals surface area (Å²) in [4.78, 5) is 7.79. The summed E-state index contributed by atoms with van der Waals surface area (Å²) in [5, 5.41) is 0.688. The smallest absolute Gasteiger partial charge is 0.179 e. The Bertz CT molecular complexity index is 608. The van der Waals surface area contributed by atoms with Crippen molar-refractivity contribution >= 4 is 35.1 Å². The van der Waals surface area contributed by atoms with Gasteiger partial charge in [0, 0.05) is 18.0 Å². The van der Waals surface area contributed by atoms with Gasteiger partial charge in [0.2, 0.25) is 0 Å². The minimum absolute atomic E-state index is 0.688. The number of hydrogen-bond acceptors (Lipinski definition) is 3. The lowest BCUT2D eigenvalue weighted by atomic mass is 10.2. The molecule has 2 aromatic rings. The van der Waals surface area contributed by atoms with Crippen LogP contribution in [0.2, 0.25) is 0 Å². The predicted octanol–water partition coefficient (Wildman–Crippen LogP) is 3.69. The van der Waals surface area contributed by atoms with Gasteiger partial charge >= 0.3 is 0 Å². The van der Waals surface area contributed by atoms with Crippen LogP contribution in [0.4, 0.5) is 0 Å². The maximum absolute atomic E-state index is 5.42. The quantitative estimate of drug-likeness (QED) is 0.851. The van der Waals surface area contributed by atoms with Gasteiger partial charge in [-0.2, -0.15) is 11.8 Å². The molecule has 3 heterocycles. The summed E-state index contributed by atoms with van der Waals surface area (Å²) < 4.78 is 2.96. The monoisotopic (exact) mass is 279 g/mol. The average molecular weight is 279 g/mol. The van der Waals surface area contributed by atoms with Gasteiger partial charge in [0.25, 0.3) is 0 Å². The number of H-pyrrole nitrogens is 1. The molecule has 1 unspecified atom stereocenters. The molecule has 0 saturated carbocycles. The van der Waals surface area contributed by atoms with Crippen molar-refractivity contribution in [3.05, 3.63) is 22.6 Å². The van der Waals surface area contributed by atoms with Crippen molar-refractivity contribution < 1.29 is 0 Å². The first-order chi connectivity index (χ1) is 8.74. The molecular weight excluding hydrogens is 262 g/mol. The highest BCUT2D eigenvalue weighted by molar-refractivity contribution is 7.99. The van der Waals surface area contributed by atoms with Crippen LogP contribution in [0.15, 0.2) is 12.3 Å². The number of aromatic nitrogens is 3. The number of imidazole rings is 1. The van der Waals surface area contributed by atoms with E-state index in [1.165, 1.54) is 25.0 Å². The number of rotatable bonds is 2. The molecule has 1 saturated heterocycles. The largest absolute Gasteiger partial charge is 0.329 e. The van der Waals surface area contributed by atoms with E-state index < -0.39 is 0 Å². The van der Waals surface area contributed by atoms with E-state index >= 15 is 0 Å². The fraction of sp³-hybridized carbons (Fsp3) is 0.538. The van der Waals surface area contributed by atoms with Crippen LogP contribution in [-0.4, -0.2) is 25.5 Å². The van der Waals surface area contributed by atoms with Crippen LogP contribution in [0.5, 0.6) is 0 Å². The van der Waals surface area contributed by atoms with E-state index in [2.05, 4.69) is 39.3 Å². The standard InChI is InChI=1S/C13H17N3S2/c1-9-6-11-12(14-7-9)16(13(17)15-11)8-10-4-2-3-5-18-10/h6-7,10H,2-5,8H2,1H3,(H,15,17). The highest BCUT2D eigenvalue weighted by atomic mass is 32.2. The molecule has 1 atom stereocenters. The fourth-order valence-corrected chi connectivity index (χ4v) is 4.04. The maximum Gasteiger partial charge on any atom is 0.179 e. The number of thioether (sulfide) groups is 1. The second-order valence-corrected chi connectivity index (χ2v) is 6.71. The second-order valence-electron chi connectivity index (χ2n) is 4.91. The highest BCUT2D eigenvalue weighted by Crippen LogP contribution is 2.27. The van der Waals surface area contributed by atoms with E-state index in [1.807, 2.05) is 6.20 Å². The second kappa shape index (κ2) is 5.05. The predicted molar refractivity (Wildman–Crippen MR) is 79.8 cm³/mol. The summed E-state index contributed by atoms with van der Waals surface area (Å²) in [6, 6.07) is 2.11. The number of pyridine rings is 1. The van der Waals surface area contributed by atoms with Crippen molar-refractivity contribution in [2.24, 2.45) is 0 Å². The van der Waals surface area contributed by atoms with Gasteiger partial charge in [0.05, 0.1) is 5.52 Å². The zero-order chi connectivity index (χ0) is 12.5. The molecule has 1 aliphatic heterocycles. The van der Waals surface area contributed by atoms with Gasteiger partial charge in [0.1, 0.15) is 0 Å². The van der Waals surface area contributed by atoms with Crippen molar-refractivity contribution in [1.29, 1.82) is 0 Å². The van der Waals surface area contributed by atoms with Crippen LogP contribution in [0.3, 0.4) is 0 Å². The molecule has 18 heavy (non-hydrogen) atoms. The van der Waals surface area contributed by atoms with Crippen molar-refractivity contribution in [2.45, 2.75) is 38.0 Å². The summed E-state index contributed by atoms with van der Waals surface area (Å²) in [6.45, 7) is 3.04. The fourth-order valence-electron chi connectivity index (χ4n) is 2.47. The Labute approximate surface area is 116 Å².